The van der Waals surface area contributed by atoms with Crippen LogP contribution in [-0.4, -0.2) is 39.1 Å². The van der Waals surface area contributed by atoms with Gasteiger partial charge in [-0.15, -0.1) is 0 Å². The first-order chi connectivity index (χ1) is 9.74. The fourth-order valence-electron chi connectivity index (χ4n) is 1.91. The van der Waals surface area contributed by atoms with E-state index in [1.54, 1.807) is 23.4 Å². The summed E-state index contributed by atoms with van der Waals surface area (Å²) in [5.41, 5.74) is 2.39. The molecule has 2 aromatic rings. The minimum atomic E-state index is -0.0399. The molecule has 0 spiro atoms. The Labute approximate surface area is 118 Å². The molecule has 0 atom stereocenters. The third-order valence-electron chi connectivity index (χ3n) is 3.08. The van der Waals surface area contributed by atoms with Crippen molar-refractivity contribution in [1.29, 1.82) is 0 Å². The number of nitrogens with one attached hydrogen (secondary N) is 2. The standard InChI is InChI=1S/C14H19N5O/c1-3-19(4-2)14(20)13-7-12(5-6-15-13)16-8-11-9-17-18-10-11/h5-7,9-10H,3-4,8H2,1-2H3,(H,15,16)(H,17,18). The van der Waals surface area contributed by atoms with Gasteiger partial charge in [-0.05, 0) is 26.0 Å². The number of aromatic nitrogens is 3. The normalized spacial score (nSPS) is 10.3. The Hall–Kier alpha value is -2.37. The van der Waals surface area contributed by atoms with Gasteiger partial charge in [-0.1, -0.05) is 0 Å². The fraction of sp³-hybridized carbons (Fsp3) is 0.357. The van der Waals surface area contributed by atoms with Crippen LogP contribution in [0, 0.1) is 0 Å². The Kier molecular flexibility index (Phi) is 4.70. The summed E-state index contributed by atoms with van der Waals surface area (Å²) < 4.78 is 0. The summed E-state index contributed by atoms with van der Waals surface area (Å²) in [5.74, 6) is -0.0399. The van der Waals surface area contributed by atoms with Crippen LogP contribution in [0.4, 0.5) is 5.69 Å². The van der Waals surface area contributed by atoms with Gasteiger partial charge in [-0.2, -0.15) is 5.10 Å². The highest BCUT2D eigenvalue weighted by Crippen LogP contribution is 2.11. The van der Waals surface area contributed by atoms with Gasteiger partial charge in [-0.3, -0.25) is 14.9 Å². The quantitative estimate of drug-likeness (QED) is 0.843. The van der Waals surface area contributed by atoms with Crippen LogP contribution in [0.15, 0.2) is 30.7 Å². The molecule has 0 saturated carbocycles. The van der Waals surface area contributed by atoms with Crippen molar-refractivity contribution in [3.8, 4) is 0 Å². The van der Waals surface area contributed by atoms with Gasteiger partial charge in [0, 0.05) is 43.3 Å². The third kappa shape index (κ3) is 3.34. The van der Waals surface area contributed by atoms with Crippen molar-refractivity contribution in [2.24, 2.45) is 0 Å². The number of aromatic amines is 1. The molecule has 1 amide bonds. The van der Waals surface area contributed by atoms with Crippen molar-refractivity contribution in [2.75, 3.05) is 18.4 Å². The fourth-order valence-corrected chi connectivity index (χ4v) is 1.91. The lowest BCUT2D eigenvalue weighted by atomic mass is 10.2. The van der Waals surface area contributed by atoms with Gasteiger partial charge in [0.25, 0.3) is 5.91 Å². The van der Waals surface area contributed by atoms with E-state index in [4.69, 9.17) is 0 Å². The van der Waals surface area contributed by atoms with E-state index in [1.807, 2.05) is 26.1 Å². The van der Waals surface area contributed by atoms with E-state index in [2.05, 4.69) is 20.5 Å². The number of hydrogen-bond donors (Lipinski definition) is 2. The van der Waals surface area contributed by atoms with Crippen molar-refractivity contribution < 1.29 is 4.79 Å². The van der Waals surface area contributed by atoms with E-state index >= 15 is 0 Å². The second-order valence-electron chi connectivity index (χ2n) is 4.37. The number of carbonyl (C=O) groups is 1. The Morgan fingerprint density at radius 3 is 2.85 bits per heavy atom. The maximum Gasteiger partial charge on any atom is 0.272 e. The molecule has 0 aliphatic rings. The topological polar surface area (TPSA) is 73.9 Å². The number of H-pyrrole nitrogens is 1. The van der Waals surface area contributed by atoms with Gasteiger partial charge < -0.3 is 10.2 Å². The predicted octanol–water partition coefficient (Wildman–Crippen LogP) is 1.90. The molecule has 6 heteroatoms. The van der Waals surface area contributed by atoms with Crippen LogP contribution in [0.3, 0.4) is 0 Å². The van der Waals surface area contributed by atoms with Crippen molar-refractivity contribution in [2.45, 2.75) is 20.4 Å². The highest BCUT2D eigenvalue weighted by Gasteiger charge is 2.13. The summed E-state index contributed by atoms with van der Waals surface area (Å²) in [6.07, 6.45) is 5.24. The molecule has 6 nitrogen and oxygen atoms in total. The number of hydrogen-bond acceptors (Lipinski definition) is 4. The molecule has 0 bridgehead atoms. The lowest BCUT2D eigenvalue weighted by Gasteiger charge is -2.18. The summed E-state index contributed by atoms with van der Waals surface area (Å²) in [6.45, 7) is 5.94. The van der Waals surface area contributed by atoms with Gasteiger partial charge >= 0.3 is 0 Å². The second-order valence-corrected chi connectivity index (χ2v) is 4.37. The summed E-state index contributed by atoms with van der Waals surface area (Å²) in [7, 11) is 0. The highest BCUT2D eigenvalue weighted by molar-refractivity contribution is 5.93. The Morgan fingerprint density at radius 2 is 2.20 bits per heavy atom. The molecular formula is C14H19N5O. The maximum absolute atomic E-state index is 12.2. The Bertz CT molecular complexity index is 548. The summed E-state index contributed by atoms with van der Waals surface area (Å²) >= 11 is 0. The van der Waals surface area contributed by atoms with E-state index < -0.39 is 0 Å². The number of carbonyl (C=O) groups excluding carboxylic acids is 1. The average molecular weight is 273 g/mol. The van der Waals surface area contributed by atoms with Crippen LogP contribution < -0.4 is 5.32 Å². The molecule has 2 heterocycles. The van der Waals surface area contributed by atoms with E-state index in [1.165, 1.54) is 0 Å². The average Bonchev–Trinajstić information content (AvgIpc) is 3.00. The van der Waals surface area contributed by atoms with E-state index in [9.17, 15) is 4.79 Å². The highest BCUT2D eigenvalue weighted by atomic mass is 16.2. The molecule has 0 aromatic carbocycles. The number of pyridine rings is 1. The van der Waals surface area contributed by atoms with Gasteiger partial charge in [-0.25, -0.2) is 0 Å². The zero-order chi connectivity index (χ0) is 14.4. The van der Waals surface area contributed by atoms with Gasteiger partial charge in [0.15, 0.2) is 0 Å². The first-order valence-corrected chi connectivity index (χ1v) is 6.71. The molecule has 2 N–H and O–H groups in total. The van der Waals surface area contributed by atoms with E-state index in [-0.39, 0.29) is 5.91 Å². The largest absolute Gasteiger partial charge is 0.381 e. The van der Waals surface area contributed by atoms with Crippen LogP contribution in [0.2, 0.25) is 0 Å². The molecule has 20 heavy (non-hydrogen) atoms. The first-order valence-electron chi connectivity index (χ1n) is 6.71. The molecule has 0 aliphatic heterocycles. The molecule has 2 aromatic heterocycles. The Morgan fingerprint density at radius 1 is 1.40 bits per heavy atom. The monoisotopic (exact) mass is 273 g/mol. The van der Waals surface area contributed by atoms with Gasteiger partial charge in [0.05, 0.1) is 6.20 Å². The molecule has 0 saturated heterocycles. The van der Waals surface area contributed by atoms with Crippen molar-refractivity contribution in [3.05, 3.63) is 42.0 Å². The van der Waals surface area contributed by atoms with Crippen LogP contribution in [-0.2, 0) is 6.54 Å². The van der Waals surface area contributed by atoms with Crippen LogP contribution in [0.1, 0.15) is 29.9 Å². The summed E-state index contributed by atoms with van der Waals surface area (Å²) in [4.78, 5) is 18.1. The van der Waals surface area contributed by atoms with E-state index in [0.717, 1.165) is 11.3 Å². The lowest BCUT2D eigenvalue weighted by molar-refractivity contribution is 0.0767. The summed E-state index contributed by atoms with van der Waals surface area (Å²) in [5, 5.41) is 9.90. The molecule has 106 valence electrons. The van der Waals surface area contributed by atoms with Gasteiger partial charge in [0.1, 0.15) is 5.69 Å². The minimum Gasteiger partial charge on any atom is -0.381 e. The van der Waals surface area contributed by atoms with Crippen molar-refractivity contribution in [1.82, 2.24) is 20.1 Å². The number of amides is 1. The number of rotatable bonds is 6. The second kappa shape index (κ2) is 6.70. The predicted molar refractivity (Wildman–Crippen MR) is 77.4 cm³/mol. The smallest absolute Gasteiger partial charge is 0.272 e. The first kappa shape index (κ1) is 14.0. The van der Waals surface area contributed by atoms with E-state index in [0.29, 0.717) is 25.3 Å². The third-order valence-corrected chi connectivity index (χ3v) is 3.08. The van der Waals surface area contributed by atoms with Crippen LogP contribution >= 0.6 is 0 Å². The zero-order valence-corrected chi connectivity index (χ0v) is 11.8. The maximum atomic E-state index is 12.2. The molecule has 0 aliphatic carbocycles. The molecule has 0 radical (unpaired) electrons. The number of nitrogens with zero attached hydrogens (tertiary/aromatic N) is 3. The molecule has 2 rings (SSSR count). The Balaban J connectivity index is 2.05. The number of anilines is 1. The van der Waals surface area contributed by atoms with Crippen LogP contribution in [0.25, 0.3) is 0 Å². The molecular weight excluding hydrogens is 254 g/mol. The summed E-state index contributed by atoms with van der Waals surface area (Å²) in [6, 6.07) is 3.62. The van der Waals surface area contributed by atoms with Crippen molar-refractivity contribution in [3.63, 3.8) is 0 Å². The SMILES string of the molecule is CCN(CC)C(=O)c1cc(NCc2cn[nH]c2)ccn1. The van der Waals surface area contributed by atoms with Crippen LogP contribution in [0.5, 0.6) is 0 Å². The van der Waals surface area contributed by atoms with Crippen molar-refractivity contribution >= 4 is 11.6 Å². The van der Waals surface area contributed by atoms with Gasteiger partial charge in [0.2, 0.25) is 0 Å². The molecule has 0 fully saturated rings. The lowest BCUT2D eigenvalue weighted by Crippen LogP contribution is -2.31. The molecule has 0 unspecified atom stereocenters. The minimum absolute atomic E-state index is 0.0399. The zero-order valence-electron chi connectivity index (χ0n) is 11.8.